The van der Waals surface area contributed by atoms with Gasteiger partial charge in [0.25, 0.3) is 0 Å². The van der Waals surface area contributed by atoms with Crippen LogP contribution in [-0.4, -0.2) is 28.3 Å². The molecule has 1 heterocycles. The molecule has 0 bridgehead atoms. The molecule has 3 rings (SSSR count). The number of benzene rings is 2. The highest BCUT2D eigenvalue weighted by Gasteiger charge is 2.14. The van der Waals surface area contributed by atoms with E-state index >= 15 is 0 Å². The highest BCUT2D eigenvalue weighted by Crippen LogP contribution is 2.14. The first-order valence-corrected chi connectivity index (χ1v) is 7.53. The van der Waals surface area contributed by atoms with Crippen LogP contribution in [0.2, 0.25) is 0 Å². The fraction of sp³-hybridized carbons (Fsp3) is 0.158. The number of carbonyl (C=O) groups excluding carboxylic acids is 2. The van der Waals surface area contributed by atoms with Gasteiger partial charge in [-0.1, -0.05) is 17.7 Å². The van der Waals surface area contributed by atoms with Crippen molar-refractivity contribution in [3.8, 4) is 0 Å². The predicted octanol–water partition coefficient (Wildman–Crippen LogP) is 3.29. The second-order valence-corrected chi connectivity index (χ2v) is 5.58. The van der Waals surface area contributed by atoms with Gasteiger partial charge in [-0.15, -0.1) is 0 Å². The Balaban J connectivity index is 1.72. The lowest BCUT2D eigenvalue weighted by atomic mass is 10.0. The van der Waals surface area contributed by atoms with Crippen LogP contribution in [0.3, 0.4) is 0 Å². The van der Waals surface area contributed by atoms with Crippen molar-refractivity contribution < 1.29 is 14.3 Å². The van der Waals surface area contributed by atoms with E-state index in [1.807, 2.05) is 26.0 Å². The van der Waals surface area contributed by atoms with E-state index in [-0.39, 0.29) is 12.4 Å². The predicted molar refractivity (Wildman–Crippen MR) is 90.1 cm³/mol. The Morgan fingerprint density at radius 1 is 0.958 bits per heavy atom. The second-order valence-electron chi connectivity index (χ2n) is 5.58. The summed E-state index contributed by atoms with van der Waals surface area (Å²) in [5.74, 6) is -0.772. The molecule has 0 fully saturated rings. The number of hydrogen-bond acceptors (Lipinski definition) is 5. The topological polar surface area (TPSA) is 69.2 Å². The molecule has 0 N–H and O–H groups in total. The van der Waals surface area contributed by atoms with Gasteiger partial charge in [-0.05, 0) is 43.7 Å². The summed E-state index contributed by atoms with van der Waals surface area (Å²) in [5, 5.41) is 0. The summed E-state index contributed by atoms with van der Waals surface area (Å²) in [7, 11) is 0. The summed E-state index contributed by atoms with van der Waals surface area (Å²) < 4.78 is 5.15. The van der Waals surface area contributed by atoms with Crippen molar-refractivity contribution in [2.24, 2.45) is 0 Å². The van der Waals surface area contributed by atoms with Crippen LogP contribution < -0.4 is 0 Å². The largest absolute Gasteiger partial charge is 0.454 e. The summed E-state index contributed by atoms with van der Waals surface area (Å²) >= 11 is 0. The first kappa shape index (κ1) is 15.8. The van der Waals surface area contributed by atoms with Gasteiger partial charge < -0.3 is 4.74 Å². The fourth-order valence-corrected chi connectivity index (χ4v) is 2.42. The van der Waals surface area contributed by atoms with Crippen molar-refractivity contribution in [1.82, 2.24) is 9.97 Å². The standard InChI is InChI=1S/C19H16N2O3/c1-12-3-4-13(2)15(9-12)18(22)11-24-19(23)14-5-6-16-17(10-14)21-8-7-20-16/h3-10H,11H2,1-2H3. The van der Waals surface area contributed by atoms with Crippen LogP contribution >= 0.6 is 0 Å². The lowest BCUT2D eigenvalue weighted by Crippen LogP contribution is -2.15. The number of fused-ring (bicyclic) bond motifs is 1. The van der Waals surface area contributed by atoms with Gasteiger partial charge in [-0.25, -0.2) is 4.79 Å². The van der Waals surface area contributed by atoms with Crippen molar-refractivity contribution >= 4 is 22.8 Å². The summed E-state index contributed by atoms with van der Waals surface area (Å²) in [6.45, 7) is 3.48. The van der Waals surface area contributed by atoms with E-state index in [9.17, 15) is 9.59 Å². The number of aromatic nitrogens is 2. The maximum Gasteiger partial charge on any atom is 0.338 e. The number of Topliss-reactive ketones (excluding diaryl/α,β-unsaturated/α-hetero) is 1. The Hall–Kier alpha value is -3.08. The van der Waals surface area contributed by atoms with Crippen LogP contribution in [0, 0.1) is 13.8 Å². The average Bonchev–Trinajstić information content (AvgIpc) is 2.61. The molecule has 24 heavy (non-hydrogen) atoms. The van der Waals surface area contributed by atoms with E-state index in [1.165, 1.54) is 0 Å². The third-order valence-electron chi connectivity index (χ3n) is 3.73. The summed E-state index contributed by atoms with van der Waals surface area (Å²) in [5.41, 5.74) is 4.07. The molecule has 0 amide bonds. The maximum atomic E-state index is 12.3. The Labute approximate surface area is 139 Å². The number of hydrogen-bond donors (Lipinski definition) is 0. The molecule has 3 aromatic rings. The molecule has 0 atom stereocenters. The van der Waals surface area contributed by atoms with E-state index in [0.29, 0.717) is 22.2 Å². The van der Waals surface area contributed by atoms with Gasteiger partial charge in [0.05, 0.1) is 16.6 Å². The van der Waals surface area contributed by atoms with E-state index in [0.717, 1.165) is 11.1 Å². The molecule has 0 aliphatic rings. The first-order valence-electron chi connectivity index (χ1n) is 7.53. The van der Waals surface area contributed by atoms with Crippen LogP contribution in [0.1, 0.15) is 31.8 Å². The van der Waals surface area contributed by atoms with Crippen LogP contribution in [0.25, 0.3) is 11.0 Å². The van der Waals surface area contributed by atoms with Gasteiger partial charge in [-0.3, -0.25) is 14.8 Å². The third-order valence-corrected chi connectivity index (χ3v) is 3.73. The van der Waals surface area contributed by atoms with Crippen molar-refractivity contribution in [3.05, 3.63) is 71.0 Å². The minimum Gasteiger partial charge on any atom is -0.454 e. The third kappa shape index (κ3) is 3.30. The summed E-state index contributed by atoms with van der Waals surface area (Å²) in [4.78, 5) is 32.7. The van der Waals surface area contributed by atoms with Crippen molar-refractivity contribution in [3.63, 3.8) is 0 Å². The SMILES string of the molecule is Cc1ccc(C)c(C(=O)COC(=O)c2ccc3nccnc3c2)c1. The monoisotopic (exact) mass is 320 g/mol. The van der Waals surface area contributed by atoms with Gasteiger partial charge in [0.2, 0.25) is 5.78 Å². The van der Waals surface area contributed by atoms with Gasteiger partial charge in [-0.2, -0.15) is 0 Å². The fourth-order valence-electron chi connectivity index (χ4n) is 2.42. The van der Waals surface area contributed by atoms with Crippen LogP contribution in [-0.2, 0) is 4.74 Å². The molecular weight excluding hydrogens is 304 g/mol. The van der Waals surface area contributed by atoms with Crippen LogP contribution in [0.15, 0.2) is 48.8 Å². The minimum absolute atomic E-state index is 0.217. The van der Waals surface area contributed by atoms with Gasteiger partial charge in [0.15, 0.2) is 6.61 Å². The number of esters is 1. The number of aryl methyl sites for hydroxylation is 2. The molecule has 0 unspecified atom stereocenters. The van der Waals surface area contributed by atoms with Gasteiger partial charge >= 0.3 is 5.97 Å². The molecule has 2 aromatic carbocycles. The normalized spacial score (nSPS) is 10.6. The molecule has 5 heteroatoms. The average molecular weight is 320 g/mol. The molecule has 0 aliphatic heterocycles. The number of carbonyl (C=O) groups is 2. The molecule has 1 aromatic heterocycles. The number of ketones is 1. The smallest absolute Gasteiger partial charge is 0.338 e. The molecule has 0 aliphatic carbocycles. The molecule has 0 radical (unpaired) electrons. The summed E-state index contributed by atoms with van der Waals surface area (Å²) in [6, 6.07) is 10.5. The van der Waals surface area contributed by atoms with E-state index in [2.05, 4.69) is 9.97 Å². The van der Waals surface area contributed by atoms with Crippen LogP contribution in [0.5, 0.6) is 0 Å². The lowest BCUT2D eigenvalue weighted by molar-refractivity contribution is 0.0474. The summed E-state index contributed by atoms with van der Waals surface area (Å²) in [6.07, 6.45) is 3.14. The Kier molecular flexibility index (Phi) is 4.33. The Morgan fingerprint density at radius 3 is 2.50 bits per heavy atom. The van der Waals surface area contributed by atoms with Gasteiger partial charge in [0.1, 0.15) is 0 Å². The zero-order chi connectivity index (χ0) is 17.1. The second kappa shape index (κ2) is 6.58. The molecule has 120 valence electrons. The zero-order valence-corrected chi connectivity index (χ0v) is 13.4. The van der Waals surface area contributed by atoms with Crippen molar-refractivity contribution in [2.75, 3.05) is 6.61 Å². The minimum atomic E-state index is -0.554. The molecule has 5 nitrogen and oxygen atoms in total. The molecule has 0 saturated carbocycles. The van der Waals surface area contributed by atoms with Crippen molar-refractivity contribution in [2.45, 2.75) is 13.8 Å². The molecular formula is C19H16N2O3. The Morgan fingerprint density at radius 2 is 1.71 bits per heavy atom. The Bertz CT molecular complexity index is 935. The highest BCUT2D eigenvalue weighted by atomic mass is 16.5. The molecule has 0 spiro atoms. The quantitative estimate of drug-likeness (QED) is 0.545. The maximum absolute atomic E-state index is 12.3. The zero-order valence-electron chi connectivity index (χ0n) is 13.4. The first-order chi connectivity index (χ1) is 11.5. The number of rotatable bonds is 4. The van der Waals surface area contributed by atoms with E-state index in [1.54, 1.807) is 36.7 Å². The van der Waals surface area contributed by atoms with E-state index < -0.39 is 5.97 Å². The highest BCUT2D eigenvalue weighted by molar-refractivity contribution is 6.01. The molecule has 0 saturated heterocycles. The lowest BCUT2D eigenvalue weighted by Gasteiger charge is -2.08. The van der Waals surface area contributed by atoms with Gasteiger partial charge in [0, 0.05) is 18.0 Å². The number of ether oxygens (including phenoxy) is 1. The van der Waals surface area contributed by atoms with Crippen molar-refractivity contribution in [1.29, 1.82) is 0 Å². The number of nitrogens with zero attached hydrogens (tertiary/aromatic N) is 2. The van der Waals surface area contributed by atoms with Crippen LogP contribution in [0.4, 0.5) is 0 Å². The van der Waals surface area contributed by atoms with E-state index in [4.69, 9.17) is 4.74 Å².